The molecular weight excluding hydrogens is 383 g/mol. The summed E-state index contributed by atoms with van der Waals surface area (Å²) in [6, 6.07) is 10.3. The molecule has 28 heavy (non-hydrogen) atoms. The minimum absolute atomic E-state index is 0.103. The zero-order chi connectivity index (χ0) is 20.3. The van der Waals surface area contributed by atoms with Crippen molar-refractivity contribution in [2.45, 2.75) is 11.4 Å². The van der Waals surface area contributed by atoms with E-state index in [9.17, 15) is 17.6 Å². The molecule has 1 heterocycles. The zero-order valence-electron chi connectivity index (χ0n) is 15.3. The standard InChI is InChI=1S/C19H19FN4O3S/c1-23(2)28(26,27)16-6-4-15(5-7-16)19(25)22-12-14-3-8-18(17(20)11-14)24-10-9-21-13-24/h3-11,13H,12H2,1-2H3,(H,22,25). The molecule has 9 heteroatoms. The molecule has 0 bridgehead atoms. The van der Waals surface area contributed by atoms with E-state index in [1.807, 2.05) is 0 Å². The number of carbonyl (C=O) groups is 1. The molecule has 1 amide bonds. The summed E-state index contributed by atoms with van der Waals surface area (Å²) in [5, 5.41) is 2.69. The fourth-order valence-corrected chi connectivity index (χ4v) is 3.45. The number of nitrogens with one attached hydrogen (secondary N) is 1. The average Bonchev–Trinajstić information content (AvgIpc) is 3.20. The highest BCUT2D eigenvalue weighted by Gasteiger charge is 2.17. The summed E-state index contributed by atoms with van der Waals surface area (Å²) in [6.07, 6.45) is 4.70. The zero-order valence-corrected chi connectivity index (χ0v) is 16.1. The highest BCUT2D eigenvalue weighted by molar-refractivity contribution is 7.89. The third-order valence-electron chi connectivity index (χ3n) is 4.14. The topological polar surface area (TPSA) is 84.3 Å². The molecule has 0 spiro atoms. The summed E-state index contributed by atoms with van der Waals surface area (Å²) in [7, 11) is -0.673. The Bertz CT molecular complexity index is 1080. The van der Waals surface area contributed by atoms with Crippen LogP contribution in [0.1, 0.15) is 15.9 Å². The van der Waals surface area contributed by atoms with Gasteiger partial charge in [-0.15, -0.1) is 0 Å². The highest BCUT2D eigenvalue weighted by atomic mass is 32.2. The van der Waals surface area contributed by atoms with Crippen molar-refractivity contribution in [3.63, 3.8) is 0 Å². The van der Waals surface area contributed by atoms with Crippen LogP contribution in [0.25, 0.3) is 5.69 Å². The van der Waals surface area contributed by atoms with Crippen LogP contribution in [0.15, 0.2) is 66.1 Å². The maximum atomic E-state index is 14.3. The van der Waals surface area contributed by atoms with Gasteiger partial charge in [-0.3, -0.25) is 4.79 Å². The van der Waals surface area contributed by atoms with Gasteiger partial charge in [-0.05, 0) is 42.0 Å². The summed E-state index contributed by atoms with van der Waals surface area (Å²) < 4.78 is 41.0. The predicted octanol–water partition coefficient (Wildman–Crippen LogP) is 2.19. The van der Waals surface area contributed by atoms with Crippen LogP contribution in [0.5, 0.6) is 0 Å². The van der Waals surface area contributed by atoms with E-state index in [0.29, 0.717) is 16.8 Å². The van der Waals surface area contributed by atoms with Crippen LogP contribution < -0.4 is 5.32 Å². The van der Waals surface area contributed by atoms with Crippen molar-refractivity contribution in [3.05, 3.63) is 78.1 Å². The second kappa shape index (κ2) is 7.91. The quantitative estimate of drug-likeness (QED) is 0.685. The Kier molecular flexibility index (Phi) is 5.57. The number of halogens is 1. The largest absolute Gasteiger partial charge is 0.348 e. The molecule has 0 aliphatic rings. The van der Waals surface area contributed by atoms with Crippen LogP contribution in [-0.4, -0.2) is 42.3 Å². The molecule has 3 aromatic rings. The summed E-state index contributed by atoms with van der Waals surface area (Å²) >= 11 is 0. The molecule has 0 aliphatic heterocycles. The Morgan fingerprint density at radius 3 is 2.46 bits per heavy atom. The van der Waals surface area contributed by atoms with Gasteiger partial charge in [-0.2, -0.15) is 0 Å². The molecule has 3 rings (SSSR count). The monoisotopic (exact) mass is 402 g/mol. The second-order valence-corrected chi connectivity index (χ2v) is 8.40. The Balaban J connectivity index is 1.67. The molecule has 0 radical (unpaired) electrons. The van der Waals surface area contributed by atoms with Crippen molar-refractivity contribution in [2.75, 3.05) is 14.1 Å². The van der Waals surface area contributed by atoms with E-state index in [1.165, 1.54) is 50.8 Å². The van der Waals surface area contributed by atoms with Crippen molar-refractivity contribution < 1.29 is 17.6 Å². The Morgan fingerprint density at radius 1 is 1.18 bits per heavy atom. The smallest absolute Gasteiger partial charge is 0.251 e. The lowest BCUT2D eigenvalue weighted by Crippen LogP contribution is -2.24. The third kappa shape index (κ3) is 4.10. The molecule has 1 aromatic heterocycles. The SMILES string of the molecule is CN(C)S(=O)(=O)c1ccc(C(=O)NCc2ccc(-n3ccnc3)c(F)c2)cc1. The number of carbonyl (C=O) groups excluding carboxylic acids is 1. The van der Waals surface area contributed by atoms with Gasteiger partial charge < -0.3 is 9.88 Å². The highest BCUT2D eigenvalue weighted by Crippen LogP contribution is 2.16. The van der Waals surface area contributed by atoms with E-state index >= 15 is 0 Å². The number of sulfonamides is 1. The number of hydrogen-bond acceptors (Lipinski definition) is 4. The van der Waals surface area contributed by atoms with Crippen molar-refractivity contribution >= 4 is 15.9 Å². The molecular formula is C19H19FN4O3S. The number of aromatic nitrogens is 2. The second-order valence-electron chi connectivity index (χ2n) is 6.25. The first-order valence-electron chi connectivity index (χ1n) is 8.36. The van der Waals surface area contributed by atoms with Gasteiger partial charge in [-0.25, -0.2) is 22.1 Å². The molecule has 0 saturated heterocycles. The van der Waals surface area contributed by atoms with E-state index in [-0.39, 0.29) is 17.3 Å². The van der Waals surface area contributed by atoms with Gasteiger partial charge in [0.25, 0.3) is 5.91 Å². The Labute approximate surface area is 162 Å². The van der Waals surface area contributed by atoms with Gasteiger partial charge in [-0.1, -0.05) is 6.07 Å². The molecule has 0 fully saturated rings. The summed E-state index contributed by atoms with van der Waals surface area (Å²) in [4.78, 5) is 16.3. The first-order valence-corrected chi connectivity index (χ1v) is 9.80. The van der Waals surface area contributed by atoms with E-state index < -0.39 is 15.8 Å². The van der Waals surface area contributed by atoms with Gasteiger partial charge in [0.1, 0.15) is 5.82 Å². The first kappa shape index (κ1) is 19.7. The lowest BCUT2D eigenvalue weighted by Gasteiger charge is -2.12. The lowest BCUT2D eigenvalue weighted by molar-refractivity contribution is 0.0950. The van der Waals surface area contributed by atoms with E-state index in [2.05, 4.69) is 10.3 Å². The fraction of sp³-hybridized carbons (Fsp3) is 0.158. The van der Waals surface area contributed by atoms with Crippen molar-refractivity contribution in [1.82, 2.24) is 19.2 Å². The first-order chi connectivity index (χ1) is 13.3. The Hall–Kier alpha value is -3.04. The minimum Gasteiger partial charge on any atom is -0.348 e. The van der Waals surface area contributed by atoms with Crippen LogP contribution in [0, 0.1) is 5.82 Å². The summed E-state index contributed by atoms with van der Waals surface area (Å²) in [5.74, 6) is -0.809. The number of nitrogens with zero attached hydrogens (tertiary/aromatic N) is 3. The fourth-order valence-electron chi connectivity index (χ4n) is 2.54. The molecule has 1 N–H and O–H groups in total. The van der Waals surface area contributed by atoms with Crippen LogP contribution in [0.3, 0.4) is 0 Å². The number of amides is 1. The lowest BCUT2D eigenvalue weighted by atomic mass is 10.1. The van der Waals surface area contributed by atoms with E-state index in [0.717, 1.165) is 4.31 Å². The maximum Gasteiger partial charge on any atom is 0.251 e. The number of hydrogen-bond donors (Lipinski definition) is 1. The normalized spacial score (nSPS) is 11.6. The maximum absolute atomic E-state index is 14.3. The van der Waals surface area contributed by atoms with E-state index in [4.69, 9.17) is 0 Å². The molecule has 0 unspecified atom stereocenters. The molecule has 2 aromatic carbocycles. The van der Waals surface area contributed by atoms with Gasteiger partial charge >= 0.3 is 0 Å². The van der Waals surface area contributed by atoms with Crippen molar-refractivity contribution in [3.8, 4) is 5.69 Å². The van der Waals surface area contributed by atoms with Crippen molar-refractivity contribution in [1.29, 1.82) is 0 Å². The van der Waals surface area contributed by atoms with Crippen LogP contribution in [-0.2, 0) is 16.6 Å². The summed E-state index contributed by atoms with van der Waals surface area (Å²) in [6.45, 7) is 0.137. The summed E-state index contributed by atoms with van der Waals surface area (Å²) in [5.41, 5.74) is 1.28. The van der Waals surface area contributed by atoms with E-state index in [1.54, 1.807) is 29.1 Å². The molecule has 0 saturated carbocycles. The van der Waals surface area contributed by atoms with Crippen molar-refractivity contribution in [2.24, 2.45) is 0 Å². The number of imidazole rings is 1. The molecule has 0 aliphatic carbocycles. The third-order valence-corrected chi connectivity index (χ3v) is 5.97. The van der Waals surface area contributed by atoms with Gasteiger partial charge in [0.2, 0.25) is 10.0 Å². The molecule has 146 valence electrons. The average molecular weight is 402 g/mol. The predicted molar refractivity (Wildman–Crippen MR) is 102 cm³/mol. The van der Waals surface area contributed by atoms with Gasteiger partial charge in [0.15, 0.2) is 0 Å². The Morgan fingerprint density at radius 2 is 1.89 bits per heavy atom. The van der Waals surface area contributed by atoms with Gasteiger partial charge in [0.05, 0.1) is 16.9 Å². The minimum atomic E-state index is -3.55. The van der Waals surface area contributed by atoms with Crippen LogP contribution >= 0.6 is 0 Å². The van der Waals surface area contributed by atoms with Crippen LogP contribution in [0.4, 0.5) is 4.39 Å². The number of rotatable bonds is 6. The number of benzene rings is 2. The molecule has 0 atom stereocenters. The molecule has 7 nitrogen and oxygen atoms in total. The van der Waals surface area contributed by atoms with Crippen LogP contribution in [0.2, 0.25) is 0 Å². The van der Waals surface area contributed by atoms with Gasteiger partial charge in [0, 0.05) is 38.6 Å².